The third-order valence-corrected chi connectivity index (χ3v) is 8.12. The van der Waals surface area contributed by atoms with Crippen molar-refractivity contribution >= 4 is 50.3 Å². The quantitative estimate of drug-likeness (QED) is 0.380. The molecular formula is C26H25ClN6O3S. The molecule has 4 aromatic rings. The van der Waals surface area contributed by atoms with Crippen LogP contribution in [0.4, 0.5) is 10.9 Å². The van der Waals surface area contributed by atoms with Gasteiger partial charge in [-0.1, -0.05) is 22.9 Å². The Morgan fingerprint density at radius 2 is 1.95 bits per heavy atom. The molecule has 5 heterocycles. The molecule has 0 bridgehead atoms. The molecule has 6 rings (SSSR count). The van der Waals surface area contributed by atoms with Crippen molar-refractivity contribution in [3.8, 4) is 16.9 Å². The van der Waals surface area contributed by atoms with Crippen molar-refractivity contribution < 1.29 is 14.3 Å². The van der Waals surface area contributed by atoms with E-state index in [1.165, 1.54) is 11.3 Å². The molecule has 1 amide bonds. The van der Waals surface area contributed by atoms with Crippen LogP contribution in [0.1, 0.15) is 28.9 Å². The highest BCUT2D eigenvalue weighted by Crippen LogP contribution is 2.39. The predicted molar refractivity (Wildman–Crippen MR) is 144 cm³/mol. The summed E-state index contributed by atoms with van der Waals surface area (Å²) in [6.45, 7) is 5.47. The number of carbonyl (C=O) groups is 1. The van der Waals surface area contributed by atoms with Gasteiger partial charge in [-0.05, 0) is 44.0 Å². The molecule has 2 aliphatic rings. The number of hydrogen-bond acceptors (Lipinski definition) is 9. The molecule has 0 unspecified atom stereocenters. The van der Waals surface area contributed by atoms with Crippen LogP contribution < -0.4 is 15.0 Å². The molecule has 3 aromatic heterocycles. The smallest absolute Gasteiger partial charge is 0.259 e. The molecule has 1 aromatic carbocycles. The molecule has 37 heavy (non-hydrogen) atoms. The van der Waals surface area contributed by atoms with Crippen LogP contribution in [0.5, 0.6) is 5.75 Å². The summed E-state index contributed by atoms with van der Waals surface area (Å²) in [5, 5.41) is 3.87. The van der Waals surface area contributed by atoms with Gasteiger partial charge in [0, 0.05) is 46.5 Å². The number of halogens is 1. The third-order valence-electron chi connectivity index (χ3n) is 7.03. The normalized spacial score (nSPS) is 16.6. The summed E-state index contributed by atoms with van der Waals surface area (Å²) >= 11 is 7.56. The summed E-state index contributed by atoms with van der Waals surface area (Å²) in [5.41, 5.74) is 3.39. The van der Waals surface area contributed by atoms with Gasteiger partial charge in [0.05, 0.1) is 32.1 Å². The Morgan fingerprint density at radius 3 is 2.68 bits per heavy atom. The summed E-state index contributed by atoms with van der Waals surface area (Å²) in [5.74, 6) is 1.11. The molecule has 2 fully saturated rings. The lowest BCUT2D eigenvalue weighted by molar-refractivity contribution is -0.124. The number of aryl methyl sites for hydroxylation is 1. The lowest BCUT2D eigenvalue weighted by Gasteiger charge is -2.47. The minimum absolute atomic E-state index is 0.340. The van der Waals surface area contributed by atoms with E-state index < -0.39 is 0 Å². The first-order chi connectivity index (χ1) is 17.9. The number of hydrogen-bond donors (Lipinski definition) is 1. The van der Waals surface area contributed by atoms with E-state index in [2.05, 4.69) is 25.2 Å². The maximum absolute atomic E-state index is 13.4. The number of carbonyl (C=O) groups excluding carboxylic acids is 1. The fourth-order valence-electron chi connectivity index (χ4n) is 4.83. The maximum atomic E-state index is 13.4. The van der Waals surface area contributed by atoms with Crippen LogP contribution >= 0.6 is 22.9 Å². The van der Waals surface area contributed by atoms with Crippen molar-refractivity contribution in [1.29, 1.82) is 0 Å². The highest BCUT2D eigenvalue weighted by Gasteiger charge is 2.41. The summed E-state index contributed by atoms with van der Waals surface area (Å²) in [6, 6.07) is 7.14. The molecule has 0 radical (unpaired) electrons. The van der Waals surface area contributed by atoms with E-state index in [-0.39, 0.29) is 5.91 Å². The number of benzene rings is 1. The van der Waals surface area contributed by atoms with Gasteiger partial charge in [0.15, 0.2) is 15.6 Å². The average Bonchev–Trinajstić information content (AvgIpc) is 3.29. The number of amides is 1. The highest BCUT2D eigenvalue weighted by atomic mass is 35.5. The van der Waals surface area contributed by atoms with Crippen LogP contribution in [-0.4, -0.2) is 59.3 Å². The predicted octanol–water partition coefficient (Wildman–Crippen LogP) is 4.99. The van der Waals surface area contributed by atoms with Crippen molar-refractivity contribution in [2.75, 3.05) is 43.6 Å². The van der Waals surface area contributed by atoms with Crippen molar-refractivity contribution in [3.63, 3.8) is 0 Å². The average molecular weight is 537 g/mol. The molecule has 11 heteroatoms. The summed E-state index contributed by atoms with van der Waals surface area (Å²) < 4.78 is 11.0. The fraction of sp³-hybridized carbons (Fsp3) is 0.346. The van der Waals surface area contributed by atoms with Gasteiger partial charge < -0.3 is 14.4 Å². The molecule has 0 atom stereocenters. The standard InChI is InChI=1S/C26H25ClN6O3S/c1-15-9-17(18-10-16(27)3-4-20(18)35-2)19(11-28-15)23(34)32-25-31-22-24(37-25)30-21(12-29-22)33-7-5-26(6-8-33)13-36-14-26/h3-4,9-12H,5-8,13-14H2,1-2H3,(H,29,31,32,34). The van der Waals surface area contributed by atoms with Crippen LogP contribution in [0.15, 0.2) is 36.7 Å². The highest BCUT2D eigenvalue weighted by molar-refractivity contribution is 7.21. The van der Waals surface area contributed by atoms with Crippen LogP contribution in [0.2, 0.25) is 5.02 Å². The van der Waals surface area contributed by atoms with E-state index in [1.807, 2.05) is 13.0 Å². The van der Waals surface area contributed by atoms with Crippen molar-refractivity contribution in [3.05, 3.63) is 52.9 Å². The minimum atomic E-state index is -0.340. The van der Waals surface area contributed by atoms with Crippen molar-refractivity contribution in [1.82, 2.24) is 19.9 Å². The van der Waals surface area contributed by atoms with Crippen LogP contribution in [0.25, 0.3) is 21.6 Å². The van der Waals surface area contributed by atoms with Crippen LogP contribution in [0, 0.1) is 12.3 Å². The largest absolute Gasteiger partial charge is 0.496 e. The number of ether oxygens (including phenoxy) is 2. The van der Waals surface area contributed by atoms with E-state index in [4.69, 9.17) is 26.1 Å². The number of methoxy groups -OCH3 is 1. The third kappa shape index (κ3) is 4.60. The Labute approximate surface area is 222 Å². The van der Waals surface area contributed by atoms with E-state index >= 15 is 0 Å². The van der Waals surface area contributed by atoms with Gasteiger partial charge in [-0.15, -0.1) is 0 Å². The number of rotatable bonds is 5. The first-order valence-electron chi connectivity index (χ1n) is 12.0. The Morgan fingerprint density at radius 1 is 1.14 bits per heavy atom. The Bertz CT molecular complexity index is 1500. The summed E-state index contributed by atoms with van der Waals surface area (Å²) in [4.78, 5) is 34.5. The first-order valence-corrected chi connectivity index (χ1v) is 13.2. The zero-order chi connectivity index (χ0) is 25.6. The zero-order valence-electron chi connectivity index (χ0n) is 20.5. The molecule has 2 aliphatic heterocycles. The van der Waals surface area contributed by atoms with E-state index in [1.54, 1.807) is 37.7 Å². The number of anilines is 2. The number of pyridine rings is 1. The molecule has 0 saturated carbocycles. The fourth-order valence-corrected chi connectivity index (χ4v) is 5.79. The molecule has 9 nitrogen and oxygen atoms in total. The summed E-state index contributed by atoms with van der Waals surface area (Å²) in [7, 11) is 1.58. The number of nitrogens with one attached hydrogen (secondary N) is 1. The van der Waals surface area contributed by atoms with E-state index in [0.717, 1.165) is 50.7 Å². The molecule has 2 saturated heterocycles. The number of nitrogens with zero attached hydrogens (tertiary/aromatic N) is 5. The Hall–Kier alpha value is -3.34. The second-order valence-corrected chi connectivity index (χ2v) is 10.9. The van der Waals surface area contributed by atoms with Gasteiger partial charge in [0.2, 0.25) is 0 Å². The van der Waals surface area contributed by atoms with Gasteiger partial charge in [-0.25, -0.2) is 9.97 Å². The van der Waals surface area contributed by atoms with E-state index in [0.29, 0.717) is 48.5 Å². The van der Waals surface area contributed by atoms with Crippen LogP contribution in [-0.2, 0) is 4.74 Å². The van der Waals surface area contributed by atoms with Gasteiger partial charge in [-0.2, -0.15) is 4.98 Å². The number of piperidine rings is 1. The van der Waals surface area contributed by atoms with E-state index in [9.17, 15) is 4.79 Å². The molecular weight excluding hydrogens is 512 g/mol. The first kappa shape index (κ1) is 24.0. The Balaban J connectivity index is 1.25. The number of fused-ring (bicyclic) bond motifs is 1. The molecule has 190 valence electrons. The van der Waals surface area contributed by atoms with Crippen LogP contribution in [0.3, 0.4) is 0 Å². The monoisotopic (exact) mass is 536 g/mol. The molecule has 1 spiro atoms. The van der Waals surface area contributed by atoms with Gasteiger partial charge >= 0.3 is 0 Å². The topological polar surface area (TPSA) is 102 Å². The summed E-state index contributed by atoms with van der Waals surface area (Å²) in [6.07, 6.45) is 5.51. The van der Waals surface area contributed by atoms with Crippen molar-refractivity contribution in [2.24, 2.45) is 5.41 Å². The van der Waals surface area contributed by atoms with Crippen molar-refractivity contribution in [2.45, 2.75) is 19.8 Å². The second kappa shape index (κ2) is 9.51. The molecule has 0 aliphatic carbocycles. The Kier molecular flexibility index (Phi) is 6.18. The van der Waals surface area contributed by atoms with Gasteiger partial charge in [0.1, 0.15) is 11.6 Å². The molecule has 1 N–H and O–H groups in total. The number of thiazole rings is 1. The lowest BCUT2D eigenvalue weighted by Crippen LogP contribution is -2.51. The zero-order valence-corrected chi connectivity index (χ0v) is 22.0. The van der Waals surface area contributed by atoms with Gasteiger partial charge in [0.25, 0.3) is 5.91 Å². The maximum Gasteiger partial charge on any atom is 0.259 e. The minimum Gasteiger partial charge on any atom is -0.496 e. The number of aromatic nitrogens is 4. The second-order valence-electron chi connectivity index (χ2n) is 9.53. The van der Waals surface area contributed by atoms with Gasteiger partial charge in [-0.3, -0.25) is 15.1 Å². The lowest BCUT2D eigenvalue weighted by atomic mass is 9.77. The SMILES string of the molecule is COc1ccc(Cl)cc1-c1cc(C)ncc1C(=O)Nc1nc2ncc(N3CCC4(CC3)COC4)nc2s1.